The van der Waals surface area contributed by atoms with Crippen LogP contribution in [0.1, 0.15) is 37.5 Å². The number of amides is 2. The van der Waals surface area contributed by atoms with E-state index < -0.39 is 34.1 Å². The second-order valence-corrected chi connectivity index (χ2v) is 14.9. The van der Waals surface area contributed by atoms with Crippen molar-refractivity contribution >= 4 is 43.5 Å². The maximum absolute atomic E-state index is 14.6. The summed E-state index contributed by atoms with van der Waals surface area (Å²) in [7, 11) is -2.63. The summed E-state index contributed by atoms with van der Waals surface area (Å²) < 4.78 is 35.5. The SMILES string of the molecule is COc1cccc(CN(C(=O)CN(c2cccc(Br)c2)S(=O)(=O)c2ccc(C)cc2)[C@@H](Cc2ccccc2)C(=O)NC(C)(C)C)c1. The van der Waals surface area contributed by atoms with Crippen molar-refractivity contribution < 1.29 is 22.7 Å². The van der Waals surface area contributed by atoms with Crippen LogP contribution in [-0.4, -0.2) is 50.4 Å². The summed E-state index contributed by atoms with van der Waals surface area (Å²) in [6.07, 6.45) is 0.222. The van der Waals surface area contributed by atoms with Crippen molar-refractivity contribution in [2.24, 2.45) is 0 Å². The Labute approximate surface area is 280 Å². The van der Waals surface area contributed by atoms with Crippen molar-refractivity contribution in [2.45, 2.75) is 57.1 Å². The largest absolute Gasteiger partial charge is 0.497 e. The van der Waals surface area contributed by atoms with Crippen molar-refractivity contribution in [2.75, 3.05) is 18.0 Å². The Morgan fingerprint density at radius 3 is 2.15 bits per heavy atom. The first-order valence-electron chi connectivity index (χ1n) is 14.9. The summed E-state index contributed by atoms with van der Waals surface area (Å²) in [4.78, 5) is 30.1. The molecule has 0 heterocycles. The zero-order valence-electron chi connectivity index (χ0n) is 26.7. The van der Waals surface area contributed by atoms with Crippen LogP contribution < -0.4 is 14.4 Å². The van der Waals surface area contributed by atoms with Gasteiger partial charge in [-0.05, 0) is 81.3 Å². The number of rotatable bonds is 12. The standard InChI is InChI=1S/C36H40BrN3O5S/c1-26-17-19-32(20-18-26)46(43,44)40(30-15-10-14-29(37)23-30)25-34(41)39(24-28-13-9-16-31(21-28)45-5)33(35(42)38-36(2,3)4)22-27-11-7-6-8-12-27/h6-21,23,33H,22,24-25H2,1-5H3,(H,38,42)/t33-/m0/s1. The number of hydrogen-bond acceptors (Lipinski definition) is 5. The van der Waals surface area contributed by atoms with E-state index in [1.807, 2.05) is 70.2 Å². The molecule has 0 bridgehead atoms. The molecule has 4 rings (SSSR count). The maximum atomic E-state index is 14.6. The number of nitrogens with one attached hydrogen (secondary N) is 1. The molecule has 0 aromatic heterocycles. The first-order chi connectivity index (χ1) is 21.8. The summed E-state index contributed by atoms with van der Waals surface area (Å²) in [6.45, 7) is 7.01. The molecule has 1 atom stereocenters. The van der Waals surface area contributed by atoms with Gasteiger partial charge in [-0.15, -0.1) is 0 Å². The highest BCUT2D eigenvalue weighted by molar-refractivity contribution is 9.10. The van der Waals surface area contributed by atoms with E-state index in [4.69, 9.17) is 4.74 Å². The number of nitrogens with zero attached hydrogens (tertiary/aromatic N) is 2. The van der Waals surface area contributed by atoms with E-state index in [1.54, 1.807) is 55.6 Å². The Kier molecular flexibility index (Phi) is 11.3. The van der Waals surface area contributed by atoms with Crippen molar-refractivity contribution in [3.05, 3.63) is 124 Å². The minimum Gasteiger partial charge on any atom is -0.497 e. The van der Waals surface area contributed by atoms with Crippen LogP contribution in [0.5, 0.6) is 5.75 Å². The van der Waals surface area contributed by atoms with E-state index in [9.17, 15) is 18.0 Å². The molecule has 0 unspecified atom stereocenters. The fraction of sp³-hybridized carbons (Fsp3) is 0.278. The van der Waals surface area contributed by atoms with Gasteiger partial charge in [0.15, 0.2) is 0 Å². The van der Waals surface area contributed by atoms with Gasteiger partial charge in [0.2, 0.25) is 11.8 Å². The molecule has 8 nitrogen and oxygen atoms in total. The van der Waals surface area contributed by atoms with E-state index in [2.05, 4.69) is 21.2 Å². The third-order valence-corrected chi connectivity index (χ3v) is 9.52. The number of aryl methyl sites for hydroxylation is 1. The lowest BCUT2D eigenvalue weighted by Gasteiger charge is -2.35. The number of anilines is 1. The van der Waals surface area contributed by atoms with Gasteiger partial charge < -0.3 is 15.0 Å². The predicted octanol–water partition coefficient (Wildman–Crippen LogP) is 6.52. The van der Waals surface area contributed by atoms with Gasteiger partial charge in [-0.25, -0.2) is 8.42 Å². The first kappa shape index (κ1) is 34.7. The number of methoxy groups -OCH3 is 1. The lowest BCUT2D eigenvalue weighted by Crippen LogP contribution is -2.56. The molecule has 0 fully saturated rings. The molecule has 4 aromatic carbocycles. The van der Waals surface area contributed by atoms with Crippen molar-refractivity contribution in [3.8, 4) is 5.75 Å². The summed E-state index contributed by atoms with van der Waals surface area (Å²) in [5.41, 5.74) is 2.22. The van der Waals surface area contributed by atoms with Crippen molar-refractivity contribution in [3.63, 3.8) is 0 Å². The fourth-order valence-electron chi connectivity index (χ4n) is 4.97. The quantitative estimate of drug-likeness (QED) is 0.181. The van der Waals surface area contributed by atoms with Gasteiger partial charge in [0.05, 0.1) is 17.7 Å². The molecule has 242 valence electrons. The lowest BCUT2D eigenvalue weighted by atomic mass is 10.0. The van der Waals surface area contributed by atoms with Crippen LogP contribution in [0.2, 0.25) is 0 Å². The van der Waals surface area contributed by atoms with E-state index in [0.29, 0.717) is 15.9 Å². The molecule has 0 saturated heterocycles. The van der Waals surface area contributed by atoms with Crippen LogP contribution in [0.4, 0.5) is 5.69 Å². The van der Waals surface area contributed by atoms with Gasteiger partial charge in [0.1, 0.15) is 18.3 Å². The van der Waals surface area contributed by atoms with Crippen LogP contribution in [0, 0.1) is 6.92 Å². The molecule has 10 heteroatoms. The molecule has 4 aromatic rings. The van der Waals surface area contributed by atoms with Crippen molar-refractivity contribution in [1.29, 1.82) is 0 Å². The van der Waals surface area contributed by atoms with E-state index in [1.165, 1.54) is 17.0 Å². The van der Waals surface area contributed by atoms with Gasteiger partial charge in [-0.3, -0.25) is 13.9 Å². The highest BCUT2D eigenvalue weighted by Gasteiger charge is 2.35. The van der Waals surface area contributed by atoms with E-state index in [-0.39, 0.29) is 23.8 Å². The van der Waals surface area contributed by atoms with Crippen LogP contribution in [0.25, 0.3) is 0 Å². The summed E-state index contributed by atoms with van der Waals surface area (Å²) in [5.74, 6) is -0.284. The molecule has 46 heavy (non-hydrogen) atoms. The van der Waals surface area contributed by atoms with Crippen LogP contribution in [0.3, 0.4) is 0 Å². The van der Waals surface area contributed by atoms with E-state index >= 15 is 0 Å². The summed E-state index contributed by atoms with van der Waals surface area (Å²) in [5, 5.41) is 3.04. The Morgan fingerprint density at radius 1 is 0.870 bits per heavy atom. The second kappa shape index (κ2) is 15.0. The third-order valence-electron chi connectivity index (χ3n) is 7.24. The van der Waals surface area contributed by atoms with Gasteiger partial charge in [0.25, 0.3) is 10.0 Å². The topological polar surface area (TPSA) is 96.0 Å². The Balaban J connectivity index is 1.83. The second-order valence-electron chi connectivity index (χ2n) is 12.1. The molecule has 0 aliphatic heterocycles. The number of hydrogen-bond donors (Lipinski definition) is 1. The Hall–Kier alpha value is -4.15. The number of carbonyl (C=O) groups excluding carboxylic acids is 2. The van der Waals surface area contributed by atoms with Crippen LogP contribution in [0.15, 0.2) is 112 Å². The minimum absolute atomic E-state index is 0.0437. The average Bonchev–Trinajstić information content (AvgIpc) is 3.01. The van der Waals surface area contributed by atoms with Crippen LogP contribution >= 0.6 is 15.9 Å². The molecule has 0 aliphatic rings. The third kappa shape index (κ3) is 9.20. The Bertz CT molecular complexity index is 1760. The van der Waals surface area contributed by atoms with E-state index in [0.717, 1.165) is 21.0 Å². The monoisotopic (exact) mass is 705 g/mol. The molecule has 0 spiro atoms. The van der Waals surface area contributed by atoms with Gasteiger partial charge in [-0.2, -0.15) is 0 Å². The number of sulfonamides is 1. The summed E-state index contributed by atoms with van der Waals surface area (Å²) >= 11 is 3.44. The Morgan fingerprint density at radius 2 is 1.52 bits per heavy atom. The molecule has 0 saturated carbocycles. The molecule has 2 amide bonds. The highest BCUT2D eigenvalue weighted by Crippen LogP contribution is 2.28. The summed E-state index contributed by atoms with van der Waals surface area (Å²) in [6, 6.07) is 29.1. The molecule has 0 radical (unpaired) electrons. The average molecular weight is 707 g/mol. The van der Waals surface area contributed by atoms with Gasteiger partial charge in [-0.1, -0.05) is 82.2 Å². The predicted molar refractivity (Wildman–Crippen MR) is 185 cm³/mol. The molecular formula is C36H40BrN3O5S. The first-order valence-corrected chi connectivity index (χ1v) is 17.1. The zero-order valence-corrected chi connectivity index (χ0v) is 29.1. The minimum atomic E-state index is -4.19. The molecule has 0 aliphatic carbocycles. The normalized spacial score (nSPS) is 12.2. The number of benzene rings is 4. The van der Waals surface area contributed by atoms with Crippen molar-refractivity contribution in [1.82, 2.24) is 10.2 Å². The molecular weight excluding hydrogens is 666 g/mol. The fourth-order valence-corrected chi connectivity index (χ4v) is 6.76. The lowest BCUT2D eigenvalue weighted by molar-refractivity contribution is -0.140. The van der Waals surface area contributed by atoms with Gasteiger partial charge >= 0.3 is 0 Å². The highest BCUT2D eigenvalue weighted by atomic mass is 79.9. The number of ether oxygens (including phenoxy) is 1. The number of carbonyl (C=O) groups is 2. The molecule has 1 N–H and O–H groups in total. The number of halogens is 1. The maximum Gasteiger partial charge on any atom is 0.264 e. The van der Waals surface area contributed by atoms with Crippen LogP contribution in [-0.2, 0) is 32.6 Å². The zero-order chi connectivity index (χ0) is 33.5. The smallest absolute Gasteiger partial charge is 0.264 e. The van der Waals surface area contributed by atoms with Gasteiger partial charge in [0, 0.05) is 23.0 Å².